The normalized spacial score (nSPS) is 12.0. The maximum atomic E-state index is 5.50. The van der Waals surface area contributed by atoms with E-state index in [9.17, 15) is 0 Å². The van der Waals surface area contributed by atoms with Gasteiger partial charge in [-0.15, -0.1) is 23.2 Å². The molecule has 0 aromatic rings. The zero-order valence-corrected chi connectivity index (χ0v) is 7.67. The fraction of sp³-hybridized carbons (Fsp3) is 1.00. The highest BCUT2D eigenvalue weighted by Crippen LogP contribution is 2.01. The minimum atomic E-state index is -0.214. The summed E-state index contributed by atoms with van der Waals surface area (Å²) in [5.41, 5.74) is 5.25. The molecule has 0 atom stereocenters. The van der Waals surface area contributed by atoms with Gasteiger partial charge in [0.05, 0.1) is 14.0 Å². The highest BCUT2D eigenvalue weighted by molar-refractivity contribution is 6.68. The van der Waals surface area contributed by atoms with Crippen LogP contribution in [-0.4, -0.2) is 20.5 Å². The third-order valence-corrected chi connectivity index (χ3v) is 3.53. The second-order valence-corrected chi connectivity index (χ2v) is 6.09. The third-order valence-electron chi connectivity index (χ3n) is 0.876. The van der Waals surface area contributed by atoms with E-state index in [0.29, 0.717) is 0 Å². The molecule has 0 amide bonds. The molecule has 2 N–H and O–H groups in total. The molecule has 0 aromatic heterocycles. The van der Waals surface area contributed by atoms with Crippen LogP contribution in [0.2, 0.25) is 6.04 Å². The monoisotopic (exact) mass is 171 g/mol. The minimum absolute atomic E-state index is 0.0680. The van der Waals surface area contributed by atoms with E-state index in [1.807, 2.05) is 0 Å². The summed E-state index contributed by atoms with van der Waals surface area (Å²) in [7, 11) is -0.214. The molecule has 0 bridgehead atoms. The van der Waals surface area contributed by atoms with Crippen molar-refractivity contribution in [3.63, 3.8) is 0 Å². The summed E-state index contributed by atoms with van der Waals surface area (Å²) >= 11 is 11.0. The van der Waals surface area contributed by atoms with Crippen molar-refractivity contribution in [2.45, 2.75) is 16.9 Å². The number of alkyl halides is 2. The minimum Gasteiger partial charge on any atom is -0.330 e. The molecular formula is C4H11Cl2NSi. The molecule has 50 valence electrons. The predicted molar refractivity (Wildman–Crippen MR) is 42.5 cm³/mol. The van der Waals surface area contributed by atoms with Crippen molar-refractivity contribution in [3.05, 3.63) is 0 Å². The van der Waals surface area contributed by atoms with E-state index in [2.05, 4.69) is 0 Å². The van der Waals surface area contributed by atoms with E-state index in [0.717, 1.165) is 13.0 Å². The summed E-state index contributed by atoms with van der Waals surface area (Å²) in [6.07, 6.45) is 1.09. The van der Waals surface area contributed by atoms with Gasteiger partial charge in [-0.2, -0.15) is 0 Å². The molecule has 0 heterocycles. The van der Waals surface area contributed by atoms with E-state index in [-0.39, 0.29) is 14.0 Å². The number of hydrogen-bond donors (Lipinski definition) is 1. The van der Waals surface area contributed by atoms with Gasteiger partial charge in [-0.05, 0) is 13.0 Å². The molecule has 4 heteroatoms. The first kappa shape index (κ1) is 8.76. The Labute approximate surface area is 62.4 Å². The molecule has 0 saturated carbocycles. The molecule has 0 aromatic carbocycles. The molecule has 8 heavy (non-hydrogen) atoms. The largest absolute Gasteiger partial charge is 0.330 e. The van der Waals surface area contributed by atoms with Crippen molar-refractivity contribution in [1.29, 1.82) is 0 Å². The van der Waals surface area contributed by atoms with Gasteiger partial charge in [0.25, 0.3) is 0 Å². The first-order chi connectivity index (χ1) is 3.77. The molecule has 0 saturated heterocycles. The highest BCUT2D eigenvalue weighted by atomic mass is 35.5. The molecular weight excluding hydrogens is 161 g/mol. The number of rotatable bonds is 4. The van der Waals surface area contributed by atoms with Crippen LogP contribution in [0.5, 0.6) is 0 Å². The molecule has 0 aliphatic rings. The summed E-state index contributed by atoms with van der Waals surface area (Å²) in [4.78, 5) is 0. The van der Waals surface area contributed by atoms with Crippen molar-refractivity contribution >= 4 is 32.7 Å². The van der Waals surface area contributed by atoms with E-state index in [1.165, 1.54) is 6.04 Å². The summed E-state index contributed by atoms with van der Waals surface area (Å²) < 4.78 is -0.0680. The van der Waals surface area contributed by atoms with Gasteiger partial charge < -0.3 is 5.73 Å². The summed E-state index contributed by atoms with van der Waals surface area (Å²) in [5.74, 6) is 0. The fourth-order valence-corrected chi connectivity index (χ4v) is 2.25. The molecule has 0 rings (SSSR count). The van der Waals surface area contributed by atoms with Gasteiger partial charge in [0.2, 0.25) is 0 Å². The van der Waals surface area contributed by atoms with Gasteiger partial charge in [0, 0.05) is 0 Å². The molecule has 1 nitrogen and oxygen atoms in total. The quantitative estimate of drug-likeness (QED) is 0.376. The Kier molecular flexibility index (Phi) is 6.44. The standard InChI is InChI=1S/C4H11Cl2NSi/c5-4(6)8-3-1-2-7/h4H,1-3,7-8H2. The van der Waals surface area contributed by atoms with E-state index in [4.69, 9.17) is 28.9 Å². The van der Waals surface area contributed by atoms with Crippen LogP contribution < -0.4 is 5.73 Å². The SMILES string of the molecule is NCCC[SiH2]C(Cl)Cl. The van der Waals surface area contributed by atoms with Crippen molar-refractivity contribution in [2.75, 3.05) is 6.54 Å². The van der Waals surface area contributed by atoms with Crippen LogP contribution >= 0.6 is 23.2 Å². The Morgan fingerprint density at radius 2 is 2.12 bits per heavy atom. The van der Waals surface area contributed by atoms with Crippen LogP contribution in [0.3, 0.4) is 0 Å². The lowest BCUT2D eigenvalue weighted by molar-refractivity contribution is 0.924. The molecule has 0 radical (unpaired) electrons. The maximum Gasteiger partial charge on any atom is 0.0908 e. The van der Waals surface area contributed by atoms with Gasteiger partial charge in [-0.1, -0.05) is 6.04 Å². The molecule has 0 unspecified atom stereocenters. The molecule has 0 aliphatic carbocycles. The smallest absolute Gasteiger partial charge is 0.0908 e. The zero-order chi connectivity index (χ0) is 6.41. The Bertz CT molecular complexity index is 51.3. The molecule has 0 spiro atoms. The Morgan fingerprint density at radius 3 is 2.50 bits per heavy atom. The fourth-order valence-electron chi connectivity index (χ4n) is 0.443. The topological polar surface area (TPSA) is 26.0 Å². The zero-order valence-electron chi connectivity index (χ0n) is 4.74. The van der Waals surface area contributed by atoms with E-state index in [1.54, 1.807) is 0 Å². The van der Waals surface area contributed by atoms with Gasteiger partial charge in [0.1, 0.15) is 0 Å². The Balaban J connectivity index is 2.72. The molecule has 0 aliphatic heterocycles. The van der Waals surface area contributed by atoms with Crippen molar-refractivity contribution in [3.8, 4) is 0 Å². The maximum absolute atomic E-state index is 5.50. The lowest BCUT2D eigenvalue weighted by Gasteiger charge is -1.95. The van der Waals surface area contributed by atoms with E-state index >= 15 is 0 Å². The Hall–Kier alpha value is 0.757. The number of halogens is 2. The average Bonchev–Trinajstić information content (AvgIpc) is 1.66. The molecule has 0 fully saturated rings. The Morgan fingerprint density at radius 1 is 1.50 bits per heavy atom. The second kappa shape index (κ2) is 5.89. The van der Waals surface area contributed by atoms with Gasteiger partial charge in [-0.25, -0.2) is 0 Å². The highest BCUT2D eigenvalue weighted by Gasteiger charge is 1.96. The van der Waals surface area contributed by atoms with Crippen LogP contribution in [0.25, 0.3) is 0 Å². The second-order valence-electron chi connectivity index (χ2n) is 1.68. The first-order valence-electron chi connectivity index (χ1n) is 2.75. The van der Waals surface area contributed by atoms with Gasteiger partial charge in [-0.3, -0.25) is 0 Å². The lowest BCUT2D eigenvalue weighted by Crippen LogP contribution is -2.05. The van der Waals surface area contributed by atoms with Gasteiger partial charge >= 0.3 is 0 Å². The summed E-state index contributed by atoms with van der Waals surface area (Å²) in [6, 6.07) is 1.17. The van der Waals surface area contributed by atoms with E-state index < -0.39 is 0 Å². The third kappa shape index (κ3) is 6.76. The lowest BCUT2D eigenvalue weighted by atomic mass is 10.5. The van der Waals surface area contributed by atoms with Gasteiger partial charge in [0.15, 0.2) is 0 Å². The number of hydrogen-bond acceptors (Lipinski definition) is 1. The number of nitrogens with two attached hydrogens (primary N) is 1. The van der Waals surface area contributed by atoms with Crippen LogP contribution in [0.15, 0.2) is 0 Å². The van der Waals surface area contributed by atoms with Crippen LogP contribution in [0.1, 0.15) is 6.42 Å². The van der Waals surface area contributed by atoms with Crippen LogP contribution in [0, 0.1) is 0 Å². The summed E-state index contributed by atoms with van der Waals surface area (Å²) in [5, 5.41) is 0. The van der Waals surface area contributed by atoms with Crippen LogP contribution in [0.4, 0.5) is 0 Å². The summed E-state index contributed by atoms with van der Waals surface area (Å²) in [6.45, 7) is 0.771. The first-order valence-corrected chi connectivity index (χ1v) is 5.44. The average molecular weight is 172 g/mol. The predicted octanol–water partition coefficient (Wildman–Crippen LogP) is 0.684. The van der Waals surface area contributed by atoms with Crippen LogP contribution in [-0.2, 0) is 0 Å². The van der Waals surface area contributed by atoms with Crippen molar-refractivity contribution in [2.24, 2.45) is 5.73 Å². The van der Waals surface area contributed by atoms with Crippen molar-refractivity contribution in [1.82, 2.24) is 0 Å². The van der Waals surface area contributed by atoms with Crippen molar-refractivity contribution < 1.29 is 0 Å².